The molecule has 88 valence electrons. The van der Waals surface area contributed by atoms with Crippen LogP contribution in [0.1, 0.15) is 12.6 Å². The highest BCUT2D eigenvalue weighted by atomic mass is 127. The number of carbonyl (C=O) groups is 1. The molecule has 1 aromatic heterocycles. The summed E-state index contributed by atoms with van der Waals surface area (Å²) in [5, 5.41) is 16.4. The van der Waals surface area contributed by atoms with Crippen molar-refractivity contribution in [3.8, 4) is 0 Å². The smallest absolute Gasteiger partial charge is 0.354 e. The highest BCUT2D eigenvalue weighted by Crippen LogP contribution is 2.35. The summed E-state index contributed by atoms with van der Waals surface area (Å²) < 4.78 is 0.914. The van der Waals surface area contributed by atoms with Crippen molar-refractivity contribution < 1.29 is 9.90 Å². The van der Waals surface area contributed by atoms with E-state index < -0.39 is 10.8 Å². The number of alkyl halides is 1. The Bertz CT molecular complexity index is 558. The molecule has 0 saturated heterocycles. The second-order valence-corrected chi connectivity index (χ2v) is 5.27. The first-order valence-electron chi connectivity index (χ1n) is 4.63. The third kappa shape index (κ3) is 1.95. The lowest BCUT2D eigenvalue weighted by molar-refractivity contribution is -0.129. The Morgan fingerprint density at radius 1 is 1.53 bits per heavy atom. The lowest BCUT2D eigenvalue weighted by atomic mass is 9.93. The van der Waals surface area contributed by atoms with Crippen LogP contribution in [0.3, 0.4) is 0 Å². The largest absolute Gasteiger partial charge is 0.477 e. The van der Waals surface area contributed by atoms with Gasteiger partial charge in [0, 0.05) is 9.77 Å². The molecule has 1 aromatic rings. The number of aliphatic carboxylic acids is 1. The number of rotatable bonds is 2. The lowest BCUT2D eigenvalue weighted by Crippen LogP contribution is -2.39. The van der Waals surface area contributed by atoms with Gasteiger partial charge in [-0.15, -0.1) is 5.10 Å². The van der Waals surface area contributed by atoms with Crippen molar-refractivity contribution in [1.29, 1.82) is 0 Å². The van der Waals surface area contributed by atoms with Crippen molar-refractivity contribution in [1.82, 2.24) is 4.98 Å². The third-order valence-corrected chi connectivity index (χ3v) is 3.72. The van der Waals surface area contributed by atoms with E-state index in [0.717, 1.165) is 3.57 Å². The minimum Gasteiger partial charge on any atom is -0.477 e. The molecule has 1 N–H and O–H groups in total. The van der Waals surface area contributed by atoms with Crippen LogP contribution in [0.5, 0.6) is 0 Å². The molecule has 2 heterocycles. The van der Waals surface area contributed by atoms with Crippen LogP contribution >= 0.6 is 34.2 Å². The first-order chi connectivity index (χ1) is 7.96. The van der Waals surface area contributed by atoms with Gasteiger partial charge in [0.1, 0.15) is 0 Å². The average Bonchev–Trinajstić information content (AvgIpc) is 2.57. The fourth-order valence-electron chi connectivity index (χ4n) is 1.52. The standard InChI is InChI=1S/C10H7ClIN3O2/c1-5-10(11,8(9(16)17)15-14-5)7-4-6(12)2-3-13-7/h2-4H,1H3,(H,16,17). The van der Waals surface area contributed by atoms with E-state index in [1.807, 2.05) is 0 Å². The zero-order valence-electron chi connectivity index (χ0n) is 8.69. The van der Waals surface area contributed by atoms with Crippen molar-refractivity contribution in [3.05, 3.63) is 27.6 Å². The Hall–Kier alpha value is -1.02. The second kappa shape index (κ2) is 4.34. The van der Waals surface area contributed by atoms with E-state index in [0.29, 0.717) is 11.4 Å². The molecular weight excluding hydrogens is 356 g/mol. The zero-order valence-corrected chi connectivity index (χ0v) is 11.6. The molecule has 2 rings (SSSR count). The first kappa shape index (κ1) is 12.4. The highest BCUT2D eigenvalue weighted by molar-refractivity contribution is 14.1. The molecule has 0 spiro atoms. The van der Waals surface area contributed by atoms with E-state index >= 15 is 0 Å². The molecule has 7 heteroatoms. The van der Waals surface area contributed by atoms with E-state index in [4.69, 9.17) is 16.7 Å². The quantitative estimate of drug-likeness (QED) is 0.645. The van der Waals surface area contributed by atoms with Gasteiger partial charge in [-0.2, -0.15) is 5.10 Å². The molecule has 0 aliphatic carbocycles. The van der Waals surface area contributed by atoms with E-state index in [-0.39, 0.29) is 5.71 Å². The molecule has 0 fully saturated rings. The van der Waals surface area contributed by atoms with Gasteiger partial charge >= 0.3 is 5.97 Å². The summed E-state index contributed by atoms with van der Waals surface area (Å²) in [5.41, 5.74) is 0.614. The fourth-order valence-corrected chi connectivity index (χ4v) is 2.24. The zero-order chi connectivity index (χ0) is 12.6. The molecule has 0 radical (unpaired) electrons. The number of carboxylic acids is 1. The van der Waals surface area contributed by atoms with Gasteiger partial charge in [0.25, 0.3) is 0 Å². The van der Waals surface area contributed by atoms with Crippen LogP contribution in [0.4, 0.5) is 0 Å². The van der Waals surface area contributed by atoms with E-state index in [1.165, 1.54) is 0 Å². The maximum atomic E-state index is 11.1. The maximum absolute atomic E-state index is 11.1. The predicted molar refractivity (Wildman–Crippen MR) is 72.7 cm³/mol. The Kier molecular flexibility index (Phi) is 3.17. The van der Waals surface area contributed by atoms with Crippen LogP contribution in [0.15, 0.2) is 28.5 Å². The van der Waals surface area contributed by atoms with Gasteiger partial charge in [-0.1, -0.05) is 11.6 Å². The SMILES string of the molecule is CC1=NN=C(C(=O)O)C1(Cl)c1cc(I)ccn1. The lowest BCUT2D eigenvalue weighted by Gasteiger charge is -2.21. The van der Waals surface area contributed by atoms with E-state index in [1.54, 1.807) is 25.3 Å². The molecule has 5 nitrogen and oxygen atoms in total. The van der Waals surface area contributed by atoms with Gasteiger partial charge in [0.05, 0.1) is 11.4 Å². The van der Waals surface area contributed by atoms with Crippen molar-refractivity contribution in [2.24, 2.45) is 10.2 Å². The predicted octanol–water partition coefficient (Wildman–Crippen LogP) is 2.04. The van der Waals surface area contributed by atoms with Crippen LogP contribution in [0, 0.1) is 3.57 Å². The number of hydrogen-bond acceptors (Lipinski definition) is 4. The summed E-state index contributed by atoms with van der Waals surface area (Å²) in [6.07, 6.45) is 1.58. The summed E-state index contributed by atoms with van der Waals surface area (Å²) in [6.45, 7) is 1.63. The maximum Gasteiger partial charge on any atom is 0.354 e. The Morgan fingerprint density at radius 3 is 2.82 bits per heavy atom. The van der Waals surface area contributed by atoms with Gasteiger partial charge in [-0.05, 0) is 41.6 Å². The number of halogens is 2. The molecule has 1 atom stereocenters. The topological polar surface area (TPSA) is 74.9 Å². The van der Waals surface area contributed by atoms with Crippen LogP contribution in [0.2, 0.25) is 0 Å². The minimum atomic E-state index is -1.37. The van der Waals surface area contributed by atoms with Gasteiger partial charge < -0.3 is 5.11 Å². The Morgan fingerprint density at radius 2 is 2.24 bits per heavy atom. The van der Waals surface area contributed by atoms with E-state index in [2.05, 4.69) is 37.8 Å². The molecule has 1 unspecified atom stereocenters. The summed E-state index contributed by atoms with van der Waals surface area (Å²) in [6, 6.07) is 3.51. The van der Waals surface area contributed by atoms with Crippen LogP contribution in [0.25, 0.3) is 0 Å². The second-order valence-electron chi connectivity index (χ2n) is 3.46. The van der Waals surface area contributed by atoms with Crippen LogP contribution in [-0.2, 0) is 9.67 Å². The number of carboxylic acid groups (broad SMARTS) is 1. The number of hydrogen-bond donors (Lipinski definition) is 1. The van der Waals surface area contributed by atoms with Gasteiger partial charge in [0.2, 0.25) is 0 Å². The normalized spacial score (nSPS) is 23.2. The molecule has 0 bridgehead atoms. The molecule has 1 aliphatic rings. The number of pyridine rings is 1. The van der Waals surface area contributed by atoms with E-state index in [9.17, 15) is 4.79 Å². The summed E-state index contributed by atoms with van der Waals surface area (Å²) in [5.74, 6) is -1.19. The first-order valence-corrected chi connectivity index (χ1v) is 6.09. The van der Waals surface area contributed by atoms with Crippen molar-refractivity contribution >= 4 is 51.6 Å². The summed E-state index contributed by atoms with van der Waals surface area (Å²) in [7, 11) is 0. The minimum absolute atomic E-state index is 0.217. The third-order valence-electron chi connectivity index (χ3n) is 2.40. The molecule has 0 saturated carbocycles. The Labute approximate surface area is 116 Å². The van der Waals surface area contributed by atoms with Crippen molar-refractivity contribution in [3.63, 3.8) is 0 Å². The molecule has 17 heavy (non-hydrogen) atoms. The monoisotopic (exact) mass is 363 g/mol. The van der Waals surface area contributed by atoms with Gasteiger partial charge in [0.15, 0.2) is 10.6 Å². The van der Waals surface area contributed by atoms with Crippen molar-refractivity contribution in [2.45, 2.75) is 11.8 Å². The molecule has 0 amide bonds. The van der Waals surface area contributed by atoms with Gasteiger partial charge in [-0.3, -0.25) is 4.98 Å². The fraction of sp³-hybridized carbons (Fsp3) is 0.200. The number of nitrogens with zero attached hydrogens (tertiary/aromatic N) is 3. The molecule has 1 aliphatic heterocycles. The Balaban J connectivity index is 2.58. The van der Waals surface area contributed by atoms with Crippen LogP contribution < -0.4 is 0 Å². The van der Waals surface area contributed by atoms with Crippen molar-refractivity contribution in [2.75, 3.05) is 0 Å². The summed E-state index contributed by atoms with van der Waals surface area (Å²) in [4.78, 5) is 13.8. The molecular formula is C10H7ClIN3O2. The average molecular weight is 364 g/mol. The number of aromatic nitrogens is 1. The molecule has 0 aromatic carbocycles. The van der Waals surface area contributed by atoms with Crippen LogP contribution in [-0.4, -0.2) is 27.5 Å². The summed E-state index contributed by atoms with van der Waals surface area (Å²) >= 11 is 8.48. The van der Waals surface area contributed by atoms with Gasteiger partial charge in [-0.25, -0.2) is 4.79 Å². The highest BCUT2D eigenvalue weighted by Gasteiger charge is 2.47.